The molecule has 1 aromatic heterocycles. The Morgan fingerprint density at radius 1 is 1.47 bits per heavy atom. The minimum absolute atomic E-state index is 0.445. The van der Waals surface area contributed by atoms with Crippen LogP contribution in [0.4, 0.5) is 0 Å². The van der Waals surface area contributed by atoms with E-state index in [-0.39, 0.29) is 0 Å². The third kappa shape index (κ3) is 2.65. The van der Waals surface area contributed by atoms with Crippen molar-refractivity contribution in [3.63, 3.8) is 0 Å². The van der Waals surface area contributed by atoms with E-state index >= 15 is 0 Å². The maximum Gasteiger partial charge on any atom is 0.152 e. The first-order valence-corrected chi connectivity index (χ1v) is 6.63. The fourth-order valence-electron chi connectivity index (χ4n) is 1.37. The molecule has 2 rings (SSSR count). The second-order valence-corrected chi connectivity index (χ2v) is 5.04. The number of aromatic nitrogens is 1. The number of ether oxygens (including phenoxy) is 1. The summed E-state index contributed by atoms with van der Waals surface area (Å²) < 4.78 is 5.85. The predicted molar refractivity (Wildman–Crippen MR) is 63.8 cm³/mol. The van der Waals surface area contributed by atoms with Crippen molar-refractivity contribution in [3.8, 4) is 5.75 Å². The topological polar surface area (TPSA) is 22.1 Å². The first kappa shape index (κ1) is 10.8. The van der Waals surface area contributed by atoms with Crippen LogP contribution in [0.5, 0.6) is 5.75 Å². The summed E-state index contributed by atoms with van der Waals surface area (Å²) in [7, 11) is 0. The molecule has 0 N–H and O–H groups in total. The van der Waals surface area contributed by atoms with E-state index in [9.17, 15) is 0 Å². The van der Waals surface area contributed by atoms with Crippen molar-refractivity contribution in [1.82, 2.24) is 4.98 Å². The first-order chi connectivity index (χ1) is 7.20. The molecule has 1 heterocycles. The third-order valence-corrected chi connectivity index (χ3v) is 3.21. The van der Waals surface area contributed by atoms with Crippen molar-refractivity contribution >= 4 is 11.8 Å². The van der Waals surface area contributed by atoms with Crippen LogP contribution in [0, 0.1) is 0 Å². The number of hydrogen-bond acceptors (Lipinski definition) is 3. The lowest BCUT2D eigenvalue weighted by molar-refractivity contribution is 0.293. The van der Waals surface area contributed by atoms with Gasteiger partial charge in [0.2, 0.25) is 0 Å². The molecular weight excluding hydrogens is 206 g/mol. The van der Waals surface area contributed by atoms with Gasteiger partial charge in [0.05, 0.1) is 6.10 Å². The lowest BCUT2D eigenvalue weighted by Gasteiger charge is -2.11. The number of pyridine rings is 1. The van der Waals surface area contributed by atoms with Gasteiger partial charge in [-0.15, -0.1) is 11.8 Å². The SMILES string of the molecule is CSc1ncc(C(C)C)cc1OC1CC1. The molecule has 1 aliphatic rings. The molecule has 15 heavy (non-hydrogen) atoms. The van der Waals surface area contributed by atoms with Crippen LogP contribution >= 0.6 is 11.8 Å². The quantitative estimate of drug-likeness (QED) is 0.730. The molecule has 2 nitrogen and oxygen atoms in total. The summed E-state index contributed by atoms with van der Waals surface area (Å²) in [5, 5.41) is 1.01. The first-order valence-electron chi connectivity index (χ1n) is 5.41. The average Bonchev–Trinajstić information content (AvgIpc) is 3.01. The Morgan fingerprint density at radius 3 is 2.73 bits per heavy atom. The lowest BCUT2D eigenvalue weighted by atomic mass is 10.1. The van der Waals surface area contributed by atoms with Gasteiger partial charge in [0, 0.05) is 6.20 Å². The predicted octanol–water partition coefficient (Wildman–Crippen LogP) is 3.47. The van der Waals surface area contributed by atoms with Crippen LogP contribution < -0.4 is 4.74 Å². The Hall–Kier alpha value is -0.700. The van der Waals surface area contributed by atoms with Crippen molar-refractivity contribution in [3.05, 3.63) is 17.8 Å². The maximum atomic E-state index is 5.85. The van der Waals surface area contributed by atoms with Crippen molar-refractivity contribution in [1.29, 1.82) is 0 Å². The highest BCUT2D eigenvalue weighted by Crippen LogP contribution is 2.33. The second kappa shape index (κ2) is 4.44. The van der Waals surface area contributed by atoms with Gasteiger partial charge in [0.1, 0.15) is 5.03 Å². The van der Waals surface area contributed by atoms with Crippen LogP contribution in [0.25, 0.3) is 0 Å². The Bertz CT molecular complexity index is 347. The molecule has 1 fully saturated rings. The smallest absolute Gasteiger partial charge is 0.152 e. The normalized spacial score (nSPS) is 15.7. The van der Waals surface area contributed by atoms with E-state index in [1.807, 2.05) is 12.5 Å². The number of nitrogens with zero attached hydrogens (tertiary/aromatic N) is 1. The Balaban J connectivity index is 2.24. The Labute approximate surface area is 95.4 Å². The molecule has 0 atom stereocenters. The van der Waals surface area contributed by atoms with Crippen LogP contribution in [0.2, 0.25) is 0 Å². The molecule has 1 aromatic rings. The highest BCUT2D eigenvalue weighted by molar-refractivity contribution is 7.98. The van der Waals surface area contributed by atoms with E-state index in [4.69, 9.17) is 4.74 Å². The molecule has 0 aromatic carbocycles. The van der Waals surface area contributed by atoms with Gasteiger partial charge in [-0.3, -0.25) is 0 Å². The minimum Gasteiger partial charge on any atom is -0.488 e. The van der Waals surface area contributed by atoms with Crippen LogP contribution in [-0.4, -0.2) is 17.3 Å². The van der Waals surface area contributed by atoms with Gasteiger partial charge >= 0.3 is 0 Å². The molecule has 0 spiro atoms. The largest absolute Gasteiger partial charge is 0.488 e. The summed E-state index contributed by atoms with van der Waals surface area (Å²) in [5.41, 5.74) is 1.25. The van der Waals surface area contributed by atoms with E-state index in [1.54, 1.807) is 11.8 Å². The Kier molecular flexibility index (Phi) is 3.19. The molecule has 82 valence electrons. The van der Waals surface area contributed by atoms with E-state index in [0.717, 1.165) is 10.8 Å². The van der Waals surface area contributed by atoms with Gasteiger partial charge in [-0.2, -0.15) is 0 Å². The number of hydrogen-bond donors (Lipinski definition) is 0. The van der Waals surface area contributed by atoms with Crippen molar-refractivity contribution in [2.24, 2.45) is 0 Å². The zero-order valence-electron chi connectivity index (χ0n) is 9.49. The molecular formula is C12H17NOS. The molecule has 1 saturated carbocycles. The summed E-state index contributed by atoms with van der Waals surface area (Å²) in [6.45, 7) is 4.35. The van der Waals surface area contributed by atoms with Gasteiger partial charge < -0.3 is 4.74 Å². The summed E-state index contributed by atoms with van der Waals surface area (Å²) in [5.74, 6) is 1.48. The average molecular weight is 223 g/mol. The number of thioether (sulfide) groups is 1. The number of rotatable bonds is 4. The van der Waals surface area contributed by atoms with Crippen molar-refractivity contribution in [2.45, 2.75) is 43.7 Å². The summed E-state index contributed by atoms with van der Waals surface area (Å²) in [6.07, 6.45) is 6.83. The van der Waals surface area contributed by atoms with Crippen LogP contribution in [0.15, 0.2) is 17.3 Å². The Morgan fingerprint density at radius 2 is 2.20 bits per heavy atom. The highest BCUT2D eigenvalue weighted by atomic mass is 32.2. The summed E-state index contributed by atoms with van der Waals surface area (Å²) in [6, 6.07) is 2.14. The molecule has 1 aliphatic carbocycles. The maximum absolute atomic E-state index is 5.85. The summed E-state index contributed by atoms with van der Waals surface area (Å²) in [4.78, 5) is 4.44. The second-order valence-electron chi connectivity index (χ2n) is 4.25. The molecule has 0 bridgehead atoms. The van der Waals surface area contributed by atoms with Gasteiger partial charge in [-0.1, -0.05) is 13.8 Å². The lowest BCUT2D eigenvalue weighted by Crippen LogP contribution is -2.00. The minimum atomic E-state index is 0.445. The molecule has 0 unspecified atom stereocenters. The van der Waals surface area contributed by atoms with E-state index in [2.05, 4.69) is 24.9 Å². The monoisotopic (exact) mass is 223 g/mol. The van der Waals surface area contributed by atoms with Gasteiger partial charge in [-0.05, 0) is 36.6 Å². The molecule has 0 saturated heterocycles. The van der Waals surface area contributed by atoms with Crippen LogP contribution in [0.3, 0.4) is 0 Å². The highest BCUT2D eigenvalue weighted by Gasteiger charge is 2.25. The van der Waals surface area contributed by atoms with Gasteiger partial charge in [-0.25, -0.2) is 4.98 Å². The van der Waals surface area contributed by atoms with Crippen molar-refractivity contribution < 1.29 is 4.74 Å². The third-order valence-electron chi connectivity index (χ3n) is 2.52. The molecule has 0 amide bonds. The zero-order valence-corrected chi connectivity index (χ0v) is 10.3. The van der Waals surface area contributed by atoms with Crippen molar-refractivity contribution in [2.75, 3.05) is 6.26 Å². The fraction of sp³-hybridized carbons (Fsp3) is 0.583. The fourth-order valence-corrected chi connectivity index (χ4v) is 1.83. The standard InChI is InChI=1S/C12H17NOS/c1-8(2)9-6-11(14-10-4-5-10)12(15-3)13-7-9/h6-8,10H,4-5H2,1-3H3. The van der Waals surface area contributed by atoms with E-state index < -0.39 is 0 Å². The molecule has 3 heteroatoms. The summed E-state index contributed by atoms with van der Waals surface area (Å²) >= 11 is 1.65. The van der Waals surface area contributed by atoms with Gasteiger partial charge in [0.25, 0.3) is 0 Å². The molecule has 0 radical (unpaired) electrons. The van der Waals surface area contributed by atoms with Crippen LogP contribution in [-0.2, 0) is 0 Å². The van der Waals surface area contributed by atoms with Gasteiger partial charge in [0.15, 0.2) is 5.75 Å². The van der Waals surface area contributed by atoms with E-state index in [0.29, 0.717) is 12.0 Å². The van der Waals surface area contributed by atoms with Crippen LogP contribution in [0.1, 0.15) is 38.2 Å². The zero-order chi connectivity index (χ0) is 10.8. The van der Waals surface area contributed by atoms with E-state index in [1.165, 1.54) is 18.4 Å². The molecule has 0 aliphatic heterocycles.